The molecule has 17 heavy (non-hydrogen) atoms. The number of carbonyl (C=O) groups is 1. The number of furan rings is 1. The van der Waals surface area contributed by atoms with Gasteiger partial charge in [0, 0.05) is 12.7 Å². The molecule has 0 saturated heterocycles. The van der Waals surface area contributed by atoms with E-state index in [1.165, 1.54) is 0 Å². The van der Waals surface area contributed by atoms with Crippen LogP contribution in [-0.4, -0.2) is 18.1 Å². The van der Waals surface area contributed by atoms with Gasteiger partial charge in [-0.2, -0.15) is 0 Å². The van der Waals surface area contributed by atoms with E-state index in [1.54, 1.807) is 30.5 Å². The summed E-state index contributed by atoms with van der Waals surface area (Å²) in [5.74, 6) is -0.0416. The van der Waals surface area contributed by atoms with Crippen LogP contribution >= 0.6 is 0 Å². The van der Waals surface area contributed by atoms with E-state index in [0.717, 1.165) is 11.4 Å². The molecule has 2 aromatic rings. The summed E-state index contributed by atoms with van der Waals surface area (Å²) in [7, 11) is 1.93. The first-order valence-electron chi connectivity index (χ1n) is 5.23. The lowest BCUT2D eigenvalue weighted by atomic mass is 10.2. The van der Waals surface area contributed by atoms with Crippen molar-refractivity contribution in [3.63, 3.8) is 0 Å². The molecule has 88 valence electrons. The molecule has 0 unspecified atom stereocenters. The Morgan fingerprint density at radius 3 is 2.53 bits per heavy atom. The average Bonchev–Trinajstić information content (AvgIpc) is 2.82. The van der Waals surface area contributed by atoms with Gasteiger partial charge in [-0.3, -0.25) is 0 Å². The SMILES string of the molecule is CN(Cc1ccco1)c1ccc(C(=O)O)cc1. The molecule has 0 aliphatic carbocycles. The molecular formula is C13H13NO3. The molecule has 0 amide bonds. The van der Waals surface area contributed by atoms with Crippen molar-refractivity contribution in [1.82, 2.24) is 0 Å². The topological polar surface area (TPSA) is 53.7 Å². The summed E-state index contributed by atoms with van der Waals surface area (Å²) in [4.78, 5) is 12.7. The van der Waals surface area contributed by atoms with Gasteiger partial charge in [0.05, 0.1) is 18.4 Å². The van der Waals surface area contributed by atoms with Crippen molar-refractivity contribution in [2.24, 2.45) is 0 Å². The molecule has 0 bridgehead atoms. The monoisotopic (exact) mass is 231 g/mol. The van der Waals surface area contributed by atoms with Crippen molar-refractivity contribution in [3.8, 4) is 0 Å². The molecule has 0 atom stereocenters. The van der Waals surface area contributed by atoms with Crippen LogP contribution in [0.1, 0.15) is 16.1 Å². The minimum atomic E-state index is -0.912. The summed E-state index contributed by atoms with van der Waals surface area (Å²) in [6.07, 6.45) is 1.64. The Morgan fingerprint density at radius 1 is 1.29 bits per heavy atom. The van der Waals surface area contributed by atoms with E-state index in [1.807, 2.05) is 24.1 Å². The molecule has 0 spiro atoms. The third-order valence-electron chi connectivity index (χ3n) is 2.53. The first kappa shape index (κ1) is 11.3. The van der Waals surface area contributed by atoms with Crippen molar-refractivity contribution in [2.45, 2.75) is 6.54 Å². The second-order valence-electron chi connectivity index (χ2n) is 3.79. The largest absolute Gasteiger partial charge is 0.478 e. The van der Waals surface area contributed by atoms with E-state index in [4.69, 9.17) is 9.52 Å². The van der Waals surface area contributed by atoms with Crippen molar-refractivity contribution >= 4 is 11.7 Å². The first-order valence-corrected chi connectivity index (χ1v) is 5.23. The molecule has 0 fully saturated rings. The van der Waals surface area contributed by atoms with Gasteiger partial charge in [-0.25, -0.2) is 4.79 Å². The molecule has 0 radical (unpaired) electrons. The Morgan fingerprint density at radius 2 is 2.00 bits per heavy atom. The molecular weight excluding hydrogens is 218 g/mol. The fourth-order valence-electron chi connectivity index (χ4n) is 1.59. The predicted molar refractivity (Wildman–Crippen MR) is 64.2 cm³/mol. The van der Waals surface area contributed by atoms with E-state index >= 15 is 0 Å². The van der Waals surface area contributed by atoms with Gasteiger partial charge in [0.25, 0.3) is 0 Å². The van der Waals surface area contributed by atoms with E-state index in [2.05, 4.69) is 0 Å². The van der Waals surface area contributed by atoms with Crippen molar-refractivity contribution in [3.05, 3.63) is 54.0 Å². The van der Waals surface area contributed by atoms with Crippen LogP contribution < -0.4 is 4.90 Å². The molecule has 0 aliphatic rings. The molecule has 1 heterocycles. The Labute approximate surface area is 99.1 Å². The van der Waals surface area contributed by atoms with Gasteiger partial charge in [-0.05, 0) is 36.4 Å². The molecule has 1 N–H and O–H groups in total. The lowest BCUT2D eigenvalue weighted by Crippen LogP contribution is -2.15. The van der Waals surface area contributed by atoms with Crippen molar-refractivity contribution < 1.29 is 14.3 Å². The number of hydrogen-bond donors (Lipinski definition) is 1. The highest BCUT2D eigenvalue weighted by atomic mass is 16.4. The lowest BCUT2D eigenvalue weighted by molar-refractivity contribution is 0.0697. The number of anilines is 1. The summed E-state index contributed by atoms with van der Waals surface area (Å²) < 4.78 is 5.25. The van der Waals surface area contributed by atoms with Gasteiger partial charge in [-0.15, -0.1) is 0 Å². The zero-order chi connectivity index (χ0) is 12.3. The fraction of sp³-hybridized carbons (Fsp3) is 0.154. The number of carboxylic acids is 1. The maximum atomic E-state index is 10.7. The van der Waals surface area contributed by atoms with Gasteiger partial charge >= 0.3 is 5.97 Å². The smallest absolute Gasteiger partial charge is 0.335 e. The fourth-order valence-corrected chi connectivity index (χ4v) is 1.59. The summed E-state index contributed by atoms with van der Waals surface area (Å²) >= 11 is 0. The molecule has 0 aliphatic heterocycles. The standard InChI is InChI=1S/C13H13NO3/c1-14(9-12-3-2-8-17-12)11-6-4-10(5-7-11)13(15)16/h2-8H,9H2,1H3,(H,15,16). The molecule has 2 rings (SSSR count). The summed E-state index contributed by atoms with van der Waals surface area (Å²) in [6, 6.07) is 10.5. The Hall–Kier alpha value is -2.23. The van der Waals surface area contributed by atoms with Crippen LogP contribution in [0.3, 0.4) is 0 Å². The molecule has 1 aromatic heterocycles. The van der Waals surface area contributed by atoms with Crippen LogP contribution in [-0.2, 0) is 6.54 Å². The van der Waals surface area contributed by atoms with Crippen LogP contribution in [0.4, 0.5) is 5.69 Å². The summed E-state index contributed by atoms with van der Waals surface area (Å²) in [6.45, 7) is 0.652. The van der Waals surface area contributed by atoms with Gasteiger partial charge in [0.15, 0.2) is 0 Å². The number of carboxylic acid groups (broad SMARTS) is 1. The lowest BCUT2D eigenvalue weighted by Gasteiger charge is -2.17. The van der Waals surface area contributed by atoms with Crippen LogP contribution in [0.25, 0.3) is 0 Å². The van der Waals surface area contributed by atoms with Gasteiger partial charge in [0.2, 0.25) is 0 Å². The summed E-state index contributed by atoms with van der Waals surface area (Å²) in [5.41, 5.74) is 1.24. The average molecular weight is 231 g/mol. The highest BCUT2D eigenvalue weighted by molar-refractivity contribution is 5.88. The Kier molecular flexibility index (Phi) is 3.14. The van der Waals surface area contributed by atoms with Crippen molar-refractivity contribution in [1.29, 1.82) is 0 Å². The highest BCUT2D eigenvalue weighted by Gasteiger charge is 2.06. The number of benzene rings is 1. The number of rotatable bonds is 4. The van der Waals surface area contributed by atoms with E-state index in [0.29, 0.717) is 12.1 Å². The van der Waals surface area contributed by atoms with E-state index < -0.39 is 5.97 Å². The van der Waals surface area contributed by atoms with Gasteiger partial charge in [0.1, 0.15) is 5.76 Å². The molecule has 4 nitrogen and oxygen atoms in total. The third-order valence-corrected chi connectivity index (χ3v) is 2.53. The first-order chi connectivity index (χ1) is 8.16. The van der Waals surface area contributed by atoms with Crippen LogP contribution in [0, 0.1) is 0 Å². The molecule has 1 aromatic carbocycles. The zero-order valence-electron chi connectivity index (χ0n) is 9.46. The number of nitrogens with zero attached hydrogens (tertiary/aromatic N) is 1. The second-order valence-corrected chi connectivity index (χ2v) is 3.79. The molecule has 4 heteroatoms. The normalized spacial score (nSPS) is 10.2. The number of hydrogen-bond acceptors (Lipinski definition) is 3. The third kappa shape index (κ3) is 2.66. The predicted octanol–water partition coefficient (Wildman–Crippen LogP) is 2.61. The second kappa shape index (κ2) is 4.74. The van der Waals surface area contributed by atoms with Crippen LogP contribution in [0.5, 0.6) is 0 Å². The highest BCUT2D eigenvalue weighted by Crippen LogP contribution is 2.16. The van der Waals surface area contributed by atoms with Crippen molar-refractivity contribution in [2.75, 3.05) is 11.9 Å². The maximum Gasteiger partial charge on any atom is 0.335 e. The minimum Gasteiger partial charge on any atom is -0.478 e. The minimum absolute atomic E-state index is 0.292. The quantitative estimate of drug-likeness (QED) is 0.878. The Bertz CT molecular complexity index is 488. The Balaban J connectivity index is 2.09. The zero-order valence-corrected chi connectivity index (χ0v) is 9.46. The number of aromatic carboxylic acids is 1. The van der Waals surface area contributed by atoms with E-state index in [-0.39, 0.29) is 0 Å². The van der Waals surface area contributed by atoms with Gasteiger partial charge in [-0.1, -0.05) is 0 Å². The van der Waals surface area contributed by atoms with Gasteiger partial charge < -0.3 is 14.4 Å². The van der Waals surface area contributed by atoms with Crippen LogP contribution in [0.2, 0.25) is 0 Å². The van der Waals surface area contributed by atoms with E-state index in [9.17, 15) is 4.79 Å². The molecule has 0 saturated carbocycles. The van der Waals surface area contributed by atoms with Crippen LogP contribution in [0.15, 0.2) is 47.1 Å². The maximum absolute atomic E-state index is 10.7. The summed E-state index contributed by atoms with van der Waals surface area (Å²) in [5, 5.41) is 8.79.